The highest BCUT2D eigenvalue weighted by molar-refractivity contribution is 7.71. The van der Waals surface area contributed by atoms with Gasteiger partial charge in [-0.05, 0) is 44.2 Å². The van der Waals surface area contributed by atoms with Crippen LogP contribution < -0.4 is 5.32 Å². The largest absolute Gasteiger partial charge is 0.465 e. The lowest BCUT2D eigenvalue weighted by molar-refractivity contribution is 0.102. The van der Waals surface area contributed by atoms with E-state index < -0.39 is 0 Å². The van der Waals surface area contributed by atoms with Gasteiger partial charge >= 0.3 is 0 Å². The molecule has 4 heteroatoms. The number of para-hydroxylation sites is 1. The van der Waals surface area contributed by atoms with Gasteiger partial charge in [0.2, 0.25) is 0 Å². The van der Waals surface area contributed by atoms with Crippen molar-refractivity contribution in [2.75, 3.05) is 5.32 Å². The summed E-state index contributed by atoms with van der Waals surface area (Å²) in [6.45, 7) is 10.1. The molecule has 2 aromatic rings. The number of rotatable bonds is 6. The number of aryl methyl sites for hydroxylation is 4. The van der Waals surface area contributed by atoms with Crippen LogP contribution in [0.1, 0.15) is 65.8 Å². The fraction of sp³-hybridized carbons (Fsp3) is 0.429. The summed E-state index contributed by atoms with van der Waals surface area (Å²) in [5.74, 6) is 1.30. The first-order valence-corrected chi connectivity index (χ1v) is 9.40. The van der Waals surface area contributed by atoms with Crippen molar-refractivity contribution in [2.45, 2.75) is 60.3 Å². The Morgan fingerprint density at radius 1 is 1.12 bits per heavy atom. The molecule has 0 saturated carbocycles. The number of amides is 1. The molecule has 0 unspecified atom stereocenters. The van der Waals surface area contributed by atoms with E-state index in [1.807, 2.05) is 19.9 Å². The molecular formula is C21H27NO2S. The van der Waals surface area contributed by atoms with Crippen molar-refractivity contribution in [3.8, 4) is 0 Å². The Morgan fingerprint density at radius 2 is 1.72 bits per heavy atom. The molecule has 1 heterocycles. The second-order valence-electron chi connectivity index (χ2n) is 6.27. The van der Waals surface area contributed by atoms with E-state index in [1.165, 1.54) is 0 Å². The van der Waals surface area contributed by atoms with E-state index in [0.717, 1.165) is 47.4 Å². The van der Waals surface area contributed by atoms with Crippen LogP contribution in [0.4, 0.5) is 5.69 Å². The van der Waals surface area contributed by atoms with Crippen molar-refractivity contribution in [1.29, 1.82) is 0 Å². The zero-order valence-corrected chi connectivity index (χ0v) is 16.6. The van der Waals surface area contributed by atoms with E-state index in [2.05, 4.69) is 38.2 Å². The molecule has 134 valence electrons. The number of carbonyl (C=O) groups excluding carboxylic acids is 1. The van der Waals surface area contributed by atoms with Crippen molar-refractivity contribution in [1.82, 2.24) is 0 Å². The third kappa shape index (κ3) is 4.01. The van der Waals surface area contributed by atoms with Crippen LogP contribution in [0.15, 0.2) is 22.6 Å². The maximum Gasteiger partial charge on any atom is 0.260 e. The molecule has 2 rings (SSSR count). The molecule has 0 bridgehead atoms. The Labute approximate surface area is 155 Å². The molecule has 0 fully saturated rings. The van der Waals surface area contributed by atoms with Gasteiger partial charge in [0.15, 0.2) is 0 Å². The van der Waals surface area contributed by atoms with Gasteiger partial charge in [-0.3, -0.25) is 4.79 Å². The van der Waals surface area contributed by atoms with E-state index in [9.17, 15) is 4.79 Å². The summed E-state index contributed by atoms with van der Waals surface area (Å²) in [4.78, 5) is 13.1. The SMILES string of the molecule is CCCc1oc(C)c(C)c(=S)c1C(=O)Nc1c(CC)cccc1CC. The highest BCUT2D eigenvalue weighted by atomic mass is 32.1. The molecule has 25 heavy (non-hydrogen) atoms. The predicted molar refractivity (Wildman–Crippen MR) is 106 cm³/mol. The molecule has 1 N–H and O–H groups in total. The molecule has 1 aromatic heterocycles. The van der Waals surface area contributed by atoms with Crippen LogP contribution in [-0.4, -0.2) is 5.91 Å². The van der Waals surface area contributed by atoms with E-state index in [-0.39, 0.29) is 5.91 Å². The monoisotopic (exact) mass is 357 g/mol. The van der Waals surface area contributed by atoms with Gasteiger partial charge in [0, 0.05) is 17.7 Å². The summed E-state index contributed by atoms with van der Waals surface area (Å²) < 4.78 is 6.50. The Morgan fingerprint density at radius 3 is 2.24 bits per heavy atom. The van der Waals surface area contributed by atoms with Gasteiger partial charge in [-0.2, -0.15) is 0 Å². The van der Waals surface area contributed by atoms with Crippen molar-refractivity contribution in [3.05, 3.63) is 56.5 Å². The van der Waals surface area contributed by atoms with Crippen LogP contribution in [0.3, 0.4) is 0 Å². The van der Waals surface area contributed by atoms with E-state index >= 15 is 0 Å². The molecular weight excluding hydrogens is 330 g/mol. The molecule has 0 spiro atoms. The number of hydrogen-bond acceptors (Lipinski definition) is 3. The first-order valence-electron chi connectivity index (χ1n) is 8.99. The fourth-order valence-electron chi connectivity index (χ4n) is 3.00. The molecule has 0 aliphatic carbocycles. The van der Waals surface area contributed by atoms with Gasteiger partial charge in [-0.1, -0.05) is 51.2 Å². The maximum absolute atomic E-state index is 13.1. The molecule has 1 aromatic carbocycles. The lowest BCUT2D eigenvalue weighted by atomic mass is 10.0. The quantitative estimate of drug-likeness (QED) is 0.649. The molecule has 1 amide bonds. The van der Waals surface area contributed by atoms with Crippen molar-refractivity contribution >= 4 is 23.8 Å². The standard InChI is InChI=1S/C21H27NO2S/c1-6-10-17-18(20(25)13(4)14(5)24-17)21(23)22-19-15(7-2)11-9-12-16(19)8-3/h9,11-12H,6-8,10H2,1-5H3,(H,22,23). The minimum absolute atomic E-state index is 0.170. The van der Waals surface area contributed by atoms with E-state index in [4.69, 9.17) is 16.6 Å². The summed E-state index contributed by atoms with van der Waals surface area (Å²) in [6, 6.07) is 6.15. The summed E-state index contributed by atoms with van der Waals surface area (Å²) >= 11 is 5.58. The highest BCUT2D eigenvalue weighted by Gasteiger charge is 2.20. The smallest absolute Gasteiger partial charge is 0.260 e. The van der Waals surface area contributed by atoms with E-state index in [0.29, 0.717) is 22.3 Å². The summed E-state index contributed by atoms with van der Waals surface area (Å²) in [5.41, 5.74) is 4.55. The molecule has 3 nitrogen and oxygen atoms in total. The van der Waals surface area contributed by atoms with Crippen LogP contribution in [0.5, 0.6) is 0 Å². The zero-order chi connectivity index (χ0) is 18.6. The van der Waals surface area contributed by atoms with Crippen molar-refractivity contribution in [3.63, 3.8) is 0 Å². The average molecular weight is 358 g/mol. The molecule has 0 aliphatic rings. The van der Waals surface area contributed by atoms with Gasteiger partial charge in [0.25, 0.3) is 5.91 Å². The second kappa shape index (κ2) is 8.43. The zero-order valence-electron chi connectivity index (χ0n) is 15.8. The Kier molecular flexibility index (Phi) is 6.54. The number of anilines is 1. The van der Waals surface area contributed by atoms with Crippen LogP contribution in [0, 0.1) is 18.4 Å². The normalized spacial score (nSPS) is 10.8. The van der Waals surface area contributed by atoms with E-state index in [1.54, 1.807) is 0 Å². The van der Waals surface area contributed by atoms with Gasteiger partial charge in [0.1, 0.15) is 11.5 Å². The minimum atomic E-state index is -0.170. The lowest BCUT2D eigenvalue weighted by Gasteiger charge is -2.16. The van der Waals surface area contributed by atoms with Gasteiger partial charge < -0.3 is 9.73 Å². The average Bonchev–Trinajstić information content (AvgIpc) is 2.60. The first kappa shape index (κ1) is 19.4. The molecule has 0 aliphatic heterocycles. The topological polar surface area (TPSA) is 42.2 Å². The molecule has 0 atom stereocenters. The maximum atomic E-state index is 13.1. The third-order valence-corrected chi connectivity index (χ3v) is 5.10. The van der Waals surface area contributed by atoms with Crippen LogP contribution >= 0.6 is 12.2 Å². The lowest BCUT2D eigenvalue weighted by Crippen LogP contribution is -2.18. The third-order valence-electron chi connectivity index (χ3n) is 4.59. The van der Waals surface area contributed by atoms with Crippen molar-refractivity contribution < 1.29 is 9.21 Å². The minimum Gasteiger partial charge on any atom is -0.465 e. The summed E-state index contributed by atoms with van der Waals surface area (Å²) in [7, 11) is 0. The molecule has 0 radical (unpaired) electrons. The fourth-order valence-corrected chi connectivity index (χ4v) is 3.35. The first-order chi connectivity index (χ1) is 11.9. The Balaban J connectivity index is 2.53. The number of hydrogen-bond donors (Lipinski definition) is 1. The Bertz CT molecular complexity index is 814. The summed E-state index contributed by atoms with van der Waals surface area (Å²) in [6.07, 6.45) is 3.32. The van der Waals surface area contributed by atoms with Gasteiger partial charge in [-0.15, -0.1) is 0 Å². The predicted octanol–water partition coefficient (Wildman–Crippen LogP) is 5.96. The van der Waals surface area contributed by atoms with Crippen LogP contribution in [0.25, 0.3) is 0 Å². The van der Waals surface area contributed by atoms with Gasteiger partial charge in [0.05, 0.1) is 10.1 Å². The van der Waals surface area contributed by atoms with Crippen LogP contribution in [-0.2, 0) is 19.3 Å². The highest BCUT2D eigenvalue weighted by Crippen LogP contribution is 2.26. The van der Waals surface area contributed by atoms with Gasteiger partial charge in [-0.25, -0.2) is 0 Å². The Hall–Kier alpha value is -1.94. The second-order valence-corrected chi connectivity index (χ2v) is 6.68. The number of nitrogens with one attached hydrogen (secondary N) is 1. The van der Waals surface area contributed by atoms with Crippen molar-refractivity contribution in [2.24, 2.45) is 0 Å². The number of benzene rings is 1. The number of carbonyl (C=O) groups is 1. The molecule has 0 saturated heterocycles. The van der Waals surface area contributed by atoms with Crippen LogP contribution in [0.2, 0.25) is 0 Å². The summed E-state index contributed by atoms with van der Waals surface area (Å²) in [5, 5.41) is 3.12.